The second-order valence-corrected chi connectivity index (χ2v) is 2.12. The van der Waals surface area contributed by atoms with Crippen molar-refractivity contribution in [1.82, 2.24) is 5.16 Å². The van der Waals surface area contributed by atoms with E-state index in [0.29, 0.717) is 17.0 Å². The van der Waals surface area contributed by atoms with Gasteiger partial charge in [-0.2, -0.15) is 0 Å². The fourth-order valence-corrected chi connectivity index (χ4v) is 0.877. The second kappa shape index (κ2) is 1.53. The lowest BCUT2D eigenvalue weighted by Gasteiger charge is -1.77. The van der Waals surface area contributed by atoms with Crippen LogP contribution in [0.25, 0.3) is 11.2 Å². The van der Waals surface area contributed by atoms with Crippen LogP contribution in [0.3, 0.4) is 0 Å². The molecule has 0 aliphatic carbocycles. The van der Waals surface area contributed by atoms with E-state index in [4.69, 9.17) is 14.7 Å². The number of fused-ring (bicyclic) bond motifs is 1. The molecule has 10 heavy (non-hydrogen) atoms. The third-order valence-electron chi connectivity index (χ3n) is 1.30. The summed E-state index contributed by atoms with van der Waals surface area (Å²) < 4.78 is 9.96. The lowest BCUT2D eigenvalue weighted by molar-refractivity contribution is 0.460. The number of nitrogens with two attached hydrogens (primary N) is 1. The van der Waals surface area contributed by atoms with Gasteiger partial charge in [-0.25, -0.2) is 0 Å². The molecule has 0 aliphatic rings. The van der Waals surface area contributed by atoms with Crippen LogP contribution in [-0.2, 0) is 0 Å². The average molecular weight is 138 g/mol. The molecule has 0 radical (unpaired) electrons. The van der Waals surface area contributed by atoms with E-state index < -0.39 is 0 Å². The van der Waals surface area contributed by atoms with Crippen molar-refractivity contribution in [2.24, 2.45) is 0 Å². The lowest BCUT2D eigenvalue weighted by Crippen LogP contribution is -1.81. The van der Waals surface area contributed by atoms with E-state index in [1.807, 2.05) is 6.92 Å². The third-order valence-corrected chi connectivity index (χ3v) is 1.30. The maximum absolute atomic E-state index is 5.39. The number of hydrogen-bond acceptors (Lipinski definition) is 4. The van der Waals surface area contributed by atoms with Crippen LogP contribution in [0.4, 0.5) is 5.82 Å². The zero-order valence-corrected chi connectivity index (χ0v) is 5.42. The topological polar surface area (TPSA) is 65.2 Å². The smallest absolute Gasteiger partial charge is 0.217 e. The molecule has 0 spiro atoms. The fraction of sp³-hybridized carbons (Fsp3) is 0.167. The van der Waals surface area contributed by atoms with Crippen molar-refractivity contribution in [3.05, 3.63) is 11.8 Å². The highest BCUT2D eigenvalue weighted by Gasteiger charge is 2.08. The molecule has 2 aromatic rings. The van der Waals surface area contributed by atoms with Gasteiger partial charge in [0.15, 0.2) is 0 Å². The van der Waals surface area contributed by atoms with E-state index in [1.165, 1.54) is 0 Å². The molecular formula is C6H6N2O2. The number of anilines is 1. The lowest BCUT2D eigenvalue weighted by atomic mass is 10.4. The molecule has 52 valence electrons. The van der Waals surface area contributed by atoms with Crippen LogP contribution < -0.4 is 5.73 Å². The van der Waals surface area contributed by atoms with Gasteiger partial charge < -0.3 is 14.7 Å². The van der Waals surface area contributed by atoms with Gasteiger partial charge in [-0.05, 0) is 6.92 Å². The van der Waals surface area contributed by atoms with Crippen molar-refractivity contribution in [3.8, 4) is 0 Å². The average Bonchev–Trinajstić information content (AvgIpc) is 2.35. The Morgan fingerprint density at radius 1 is 1.60 bits per heavy atom. The predicted molar refractivity (Wildman–Crippen MR) is 35.4 cm³/mol. The van der Waals surface area contributed by atoms with Crippen LogP contribution in [0.1, 0.15) is 5.76 Å². The summed E-state index contributed by atoms with van der Waals surface area (Å²) in [6.07, 6.45) is 0. The molecule has 4 nitrogen and oxygen atoms in total. The summed E-state index contributed by atoms with van der Waals surface area (Å²) in [5, 5.41) is 3.51. The summed E-state index contributed by atoms with van der Waals surface area (Å²) in [4.78, 5) is 0. The van der Waals surface area contributed by atoms with E-state index in [0.717, 1.165) is 5.76 Å². The Labute approximate surface area is 56.6 Å². The van der Waals surface area contributed by atoms with E-state index in [2.05, 4.69) is 5.16 Å². The molecule has 2 aromatic heterocycles. The molecule has 0 saturated heterocycles. The van der Waals surface area contributed by atoms with Crippen LogP contribution in [0.2, 0.25) is 0 Å². The minimum absolute atomic E-state index is 0.308. The molecule has 0 fully saturated rings. The summed E-state index contributed by atoms with van der Waals surface area (Å²) in [6.45, 7) is 1.83. The first-order valence-corrected chi connectivity index (χ1v) is 2.88. The maximum atomic E-state index is 5.39. The molecule has 0 bridgehead atoms. The van der Waals surface area contributed by atoms with Crippen LogP contribution in [-0.4, -0.2) is 5.16 Å². The van der Waals surface area contributed by atoms with E-state index in [-0.39, 0.29) is 0 Å². The van der Waals surface area contributed by atoms with E-state index in [1.54, 1.807) is 6.07 Å². The zero-order chi connectivity index (χ0) is 7.14. The number of aryl methyl sites for hydroxylation is 1. The zero-order valence-electron chi connectivity index (χ0n) is 5.42. The SMILES string of the molecule is Cc1cc2onc(N)c2o1. The van der Waals surface area contributed by atoms with Gasteiger partial charge in [0, 0.05) is 6.07 Å². The molecule has 2 heterocycles. The first-order chi connectivity index (χ1) is 4.77. The van der Waals surface area contributed by atoms with Crippen molar-refractivity contribution in [2.75, 3.05) is 5.73 Å². The molecule has 2 N–H and O–H groups in total. The maximum Gasteiger partial charge on any atom is 0.217 e. The summed E-state index contributed by atoms with van der Waals surface area (Å²) in [5.41, 5.74) is 6.54. The highest BCUT2D eigenvalue weighted by Crippen LogP contribution is 2.23. The number of rotatable bonds is 0. The Morgan fingerprint density at radius 2 is 2.40 bits per heavy atom. The normalized spacial score (nSPS) is 10.9. The minimum atomic E-state index is 0.308. The molecule has 0 unspecified atom stereocenters. The molecule has 0 atom stereocenters. The van der Waals surface area contributed by atoms with Crippen molar-refractivity contribution in [2.45, 2.75) is 6.92 Å². The molecule has 0 aliphatic heterocycles. The molecular weight excluding hydrogens is 132 g/mol. The molecule has 4 heteroatoms. The Kier molecular flexibility index (Phi) is 0.818. The number of furan rings is 1. The van der Waals surface area contributed by atoms with Crippen LogP contribution in [0, 0.1) is 6.92 Å². The Bertz CT molecular complexity index is 361. The minimum Gasteiger partial charge on any atom is -0.454 e. The first-order valence-electron chi connectivity index (χ1n) is 2.88. The molecule has 0 amide bonds. The number of nitrogen functional groups attached to an aromatic ring is 1. The van der Waals surface area contributed by atoms with Gasteiger partial charge in [0.1, 0.15) is 5.76 Å². The van der Waals surface area contributed by atoms with Crippen LogP contribution in [0.5, 0.6) is 0 Å². The predicted octanol–water partition coefficient (Wildman–Crippen LogP) is 1.31. The Morgan fingerprint density at radius 3 is 3.10 bits per heavy atom. The summed E-state index contributed by atoms with van der Waals surface area (Å²) in [6, 6.07) is 1.75. The van der Waals surface area contributed by atoms with Gasteiger partial charge in [0.2, 0.25) is 17.0 Å². The number of nitrogens with zero attached hydrogens (tertiary/aromatic N) is 1. The van der Waals surface area contributed by atoms with Crippen molar-refractivity contribution in [3.63, 3.8) is 0 Å². The van der Waals surface area contributed by atoms with Gasteiger partial charge in [0.25, 0.3) is 0 Å². The molecule has 0 saturated carbocycles. The van der Waals surface area contributed by atoms with Gasteiger partial charge in [-0.3, -0.25) is 0 Å². The van der Waals surface area contributed by atoms with Crippen LogP contribution >= 0.6 is 0 Å². The fourth-order valence-electron chi connectivity index (χ4n) is 0.877. The van der Waals surface area contributed by atoms with Crippen LogP contribution in [0.15, 0.2) is 15.0 Å². The van der Waals surface area contributed by atoms with Gasteiger partial charge in [0.05, 0.1) is 0 Å². The monoisotopic (exact) mass is 138 g/mol. The van der Waals surface area contributed by atoms with Gasteiger partial charge >= 0.3 is 0 Å². The molecule has 2 rings (SSSR count). The third kappa shape index (κ3) is 0.528. The van der Waals surface area contributed by atoms with Crippen molar-refractivity contribution >= 4 is 17.0 Å². The molecule has 0 aromatic carbocycles. The highest BCUT2D eigenvalue weighted by atomic mass is 16.5. The number of hydrogen-bond donors (Lipinski definition) is 1. The first kappa shape index (κ1) is 5.34. The van der Waals surface area contributed by atoms with E-state index >= 15 is 0 Å². The van der Waals surface area contributed by atoms with Gasteiger partial charge in [-0.15, -0.1) is 0 Å². The quantitative estimate of drug-likeness (QED) is 0.596. The Hall–Kier alpha value is -1.45. The standard InChI is InChI=1S/C6H6N2O2/c1-3-2-4-5(9-3)6(7)8-10-4/h2H,1H3,(H2,7,8). The number of aromatic nitrogens is 1. The van der Waals surface area contributed by atoms with Crippen molar-refractivity contribution in [1.29, 1.82) is 0 Å². The highest BCUT2D eigenvalue weighted by molar-refractivity contribution is 5.81. The van der Waals surface area contributed by atoms with E-state index in [9.17, 15) is 0 Å². The van der Waals surface area contributed by atoms with Crippen molar-refractivity contribution < 1.29 is 8.94 Å². The summed E-state index contributed by atoms with van der Waals surface area (Å²) >= 11 is 0. The van der Waals surface area contributed by atoms with Gasteiger partial charge in [-0.1, -0.05) is 5.16 Å². The summed E-state index contributed by atoms with van der Waals surface area (Å²) in [5.74, 6) is 1.09. The second-order valence-electron chi connectivity index (χ2n) is 2.12. The Balaban J connectivity index is 2.90. The summed E-state index contributed by atoms with van der Waals surface area (Å²) in [7, 11) is 0. The largest absolute Gasteiger partial charge is 0.454 e.